The Balaban J connectivity index is 1.44. The Kier molecular flexibility index (Phi) is 5.20. The van der Waals surface area contributed by atoms with Gasteiger partial charge in [-0.1, -0.05) is 12.1 Å². The van der Waals surface area contributed by atoms with E-state index in [0.29, 0.717) is 19.8 Å². The van der Waals surface area contributed by atoms with Crippen molar-refractivity contribution < 1.29 is 9.47 Å². The van der Waals surface area contributed by atoms with Gasteiger partial charge in [0.2, 0.25) is 0 Å². The number of thiophene rings is 1. The molecule has 0 bridgehead atoms. The number of hydrogen-bond donors (Lipinski definition) is 1. The lowest BCUT2D eigenvalue weighted by Gasteiger charge is -2.12. The van der Waals surface area contributed by atoms with E-state index in [1.165, 1.54) is 0 Å². The SMILES string of the molecule is c1ccc2c(NCCOCC3CCCO3)nc(-c3ccsc3)nc2c1. The van der Waals surface area contributed by atoms with Crippen molar-refractivity contribution in [2.75, 3.05) is 31.7 Å². The first kappa shape index (κ1) is 16.4. The maximum Gasteiger partial charge on any atom is 0.162 e. The van der Waals surface area contributed by atoms with Crippen LogP contribution in [0, 0.1) is 0 Å². The van der Waals surface area contributed by atoms with Crippen LogP contribution in [-0.4, -0.2) is 42.4 Å². The summed E-state index contributed by atoms with van der Waals surface area (Å²) in [6, 6.07) is 10.1. The maximum atomic E-state index is 5.72. The molecule has 0 spiro atoms. The minimum absolute atomic E-state index is 0.269. The molecule has 1 aliphatic heterocycles. The highest BCUT2D eigenvalue weighted by atomic mass is 32.1. The van der Waals surface area contributed by atoms with E-state index in [-0.39, 0.29) is 6.10 Å². The molecule has 3 heterocycles. The highest BCUT2D eigenvalue weighted by molar-refractivity contribution is 7.08. The molecule has 0 amide bonds. The van der Waals surface area contributed by atoms with Gasteiger partial charge in [0.25, 0.3) is 0 Å². The largest absolute Gasteiger partial charge is 0.377 e. The molecule has 25 heavy (non-hydrogen) atoms. The van der Waals surface area contributed by atoms with Crippen LogP contribution < -0.4 is 5.32 Å². The number of benzene rings is 1. The number of anilines is 1. The number of aromatic nitrogens is 2. The highest BCUT2D eigenvalue weighted by Gasteiger charge is 2.15. The van der Waals surface area contributed by atoms with Gasteiger partial charge >= 0.3 is 0 Å². The third-order valence-corrected chi connectivity index (χ3v) is 4.93. The maximum absolute atomic E-state index is 5.72. The third-order valence-electron chi connectivity index (χ3n) is 4.25. The average Bonchev–Trinajstić information content (AvgIpc) is 3.35. The molecule has 6 heteroatoms. The van der Waals surface area contributed by atoms with Gasteiger partial charge in [0.15, 0.2) is 5.82 Å². The van der Waals surface area contributed by atoms with Crippen molar-refractivity contribution in [3.05, 3.63) is 41.1 Å². The van der Waals surface area contributed by atoms with E-state index in [0.717, 1.165) is 47.6 Å². The van der Waals surface area contributed by atoms with Crippen molar-refractivity contribution in [1.29, 1.82) is 0 Å². The number of nitrogens with zero attached hydrogens (tertiary/aromatic N) is 2. The monoisotopic (exact) mass is 355 g/mol. The van der Waals surface area contributed by atoms with Gasteiger partial charge in [-0.3, -0.25) is 0 Å². The molecule has 1 N–H and O–H groups in total. The summed E-state index contributed by atoms with van der Waals surface area (Å²) in [5.74, 6) is 1.61. The zero-order valence-corrected chi connectivity index (χ0v) is 14.8. The number of fused-ring (bicyclic) bond motifs is 1. The van der Waals surface area contributed by atoms with Crippen molar-refractivity contribution in [2.45, 2.75) is 18.9 Å². The molecule has 1 aliphatic rings. The molecule has 5 nitrogen and oxygen atoms in total. The Morgan fingerprint density at radius 2 is 2.20 bits per heavy atom. The van der Waals surface area contributed by atoms with E-state index in [1.54, 1.807) is 11.3 Å². The summed E-state index contributed by atoms with van der Waals surface area (Å²) >= 11 is 1.65. The second kappa shape index (κ2) is 7.91. The van der Waals surface area contributed by atoms with Gasteiger partial charge in [-0.2, -0.15) is 11.3 Å². The Labute approximate surface area is 151 Å². The van der Waals surface area contributed by atoms with E-state index in [1.807, 2.05) is 35.7 Å². The summed E-state index contributed by atoms with van der Waals surface area (Å²) in [5.41, 5.74) is 2.00. The fourth-order valence-corrected chi connectivity index (χ4v) is 3.60. The Morgan fingerprint density at radius 3 is 3.04 bits per heavy atom. The van der Waals surface area contributed by atoms with Gasteiger partial charge in [-0.05, 0) is 36.4 Å². The van der Waals surface area contributed by atoms with Gasteiger partial charge in [-0.25, -0.2) is 9.97 Å². The van der Waals surface area contributed by atoms with Crippen molar-refractivity contribution in [3.63, 3.8) is 0 Å². The second-order valence-electron chi connectivity index (χ2n) is 6.06. The highest BCUT2D eigenvalue weighted by Crippen LogP contribution is 2.25. The summed E-state index contributed by atoms with van der Waals surface area (Å²) in [7, 11) is 0. The summed E-state index contributed by atoms with van der Waals surface area (Å²) in [6.07, 6.45) is 2.52. The molecule has 2 aromatic heterocycles. The van der Waals surface area contributed by atoms with Crippen LogP contribution in [0.15, 0.2) is 41.1 Å². The number of rotatable bonds is 7. The molecular formula is C19H21N3O2S. The van der Waals surface area contributed by atoms with Gasteiger partial charge in [-0.15, -0.1) is 0 Å². The fraction of sp³-hybridized carbons (Fsp3) is 0.368. The summed E-state index contributed by atoms with van der Waals surface area (Å²) in [4.78, 5) is 9.41. The van der Waals surface area contributed by atoms with E-state index >= 15 is 0 Å². The zero-order valence-electron chi connectivity index (χ0n) is 14.0. The van der Waals surface area contributed by atoms with Gasteiger partial charge < -0.3 is 14.8 Å². The normalized spacial score (nSPS) is 17.2. The van der Waals surface area contributed by atoms with Crippen molar-refractivity contribution in [1.82, 2.24) is 9.97 Å². The van der Waals surface area contributed by atoms with Crippen LogP contribution in [0.2, 0.25) is 0 Å². The molecule has 0 radical (unpaired) electrons. The molecule has 1 saturated heterocycles. The van der Waals surface area contributed by atoms with Crippen LogP contribution in [-0.2, 0) is 9.47 Å². The van der Waals surface area contributed by atoms with Gasteiger partial charge in [0, 0.05) is 29.5 Å². The predicted octanol–water partition coefficient (Wildman–Crippen LogP) is 3.97. The van der Waals surface area contributed by atoms with E-state index < -0.39 is 0 Å². The van der Waals surface area contributed by atoms with E-state index in [4.69, 9.17) is 14.5 Å². The van der Waals surface area contributed by atoms with E-state index in [2.05, 4.69) is 15.7 Å². The molecule has 1 unspecified atom stereocenters. The first-order valence-electron chi connectivity index (χ1n) is 8.63. The number of ether oxygens (including phenoxy) is 2. The van der Waals surface area contributed by atoms with Crippen LogP contribution >= 0.6 is 11.3 Å². The van der Waals surface area contributed by atoms with Crippen LogP contribution in [0.3, 0.4) is 0 Å². The lowest BCUT2D eigenvalue weighted by molar-refractivity contribution is 0.0206. The van der Waals surface area contributed by atoms with Crippen LogP contribution in [0.4, 0.5) is 5.82 Å². The Morgan fingerprint density at radius 1 is 1.24 bits per heavy atom. The molecular weight excluding hydrogens is 334 g/mol. The molecule has 0 aliphatic carbocycles. The lowest BCUT2D eigenvalue weighted by atomic mass is 10.2. The zero-order chi connectivity index (χ0) is 16.9. The minimum Gasteiger partial charge on any atom is -0.377 e. The first-order valence-corrected chi connectivity index (χ1v) is 9.57. The average molecular weight is 355 g/mol. The molecule has 3 aromatic rings. The molecule has 0 saturated carbocycles. The molecule has 1 atom stereocenters. The van der Waals surface area contributed by atoms with Crippen molar-refractivity contribution >= 4 is 28.1 Å². The molecule has 1 fully saturated rings. The summed E-state index contributed by atoms with van der Waals surface area (Å²) in [5, 5.41) is 8.54. The molecule has 4 rings (SSSR count). The third kappa shape index (κ3) is 3.98. The van der Waals surface area contributed by atoms with Crippen molar-refractivity contribution in [3.8, 4) is 11.4 Å². The van der Waals surface area contributed by atoms with Crippen LogP contribution in [0.25, 0.3) is 22.3 Å². The second-order valence-corrected chi connectivity index (χ2v) is 6.84. The Hall–Kier alpha value is -2.02. The van der Waals surface area contributed by atoms with Gasteiger partial charge in [0.05, 0.1) is 24.8 Å². The predicted molar refractivity (Wildman–Crippen MR) is 101 cm³/mol. The van der Waals surface area contributed by atoms with Crippen LogP contribution in [0.5, 0.6) is 0 Å². The Bertz CT molecular complexity index is 817. The summed E-state index contributed by atoms with van der Waals surface area (Å²) in [6.45, 7) is 2.87. The lowest BCUT2D eigenvalue weighted by Crippen LogP contribution is -2.18. The minimum atomic E-state index is 0.269. The number of para-hydroxylation sites is 1. The number of nitrogens with one attached hydrogen (secondary N) is 1. The van der Waals surface area contributed by atoms with Crippen LogP contribution in [0.1, 0.15) is 12.8 Å². The summed E-state index contributed by atoms with van der Waals surface area (Å²) < 4.78 is 11.3. The topological polar surface area (TPSA) is 56.3 Å². The van der Waals surface area contributed by atoms with E-state index in [9.17, 15) is 0 Å². The van der Waals surface area contributed by atoms with Crippen molar-refractivity contribution in [2.24, 2.45) is 0 Å². The standard InChI is InChI=1S/C19H21N3O2S/c1-2-6-17-16(5-1)19(22-18(21-17)14-7-11-25-13-14)20-8-10-23-12-15-4-3-9-24-15/h1-2,5-7,11,13,15H,3-4,8-10,12H2,(H,20,21,22). The quantitative estimate of drug-likeness (QED) is 0.650. The fourth-order valence-electron chi connectivity index (χ4n) is 2.96. The number of hydrogen-bond acceptors (Lipinski definition) is 6. The first-order chi connectivity index (χ1) is 12.4. The molecule has 1 aromatic carbocycles. The molecule has 130 valence electrons. The smallest absolute Gasteiger partial charge is 0.162 e. The van der Waals surface area contributed by atoms with Gasteiger partial charge in [0.1, 0.15) is 5.82 Å².